The fraction of sp³-hybridized carbons (Fsp3) is 0.630. The van der Waals surface area contributed by atoms with Gasteiger partial charge in [0.1, 0.15) is 17.4 Å². The van der Waals surface area contributed by atoms with E-state index in [1.807, 2.05) is 11.8 Å². The monoisotopic (exact) mass is 499 g/mol. The SMILES string of the molecule is C[C@H](NC(=O)[C@H](CC(=O)N1CCCC[C@@H]1C)NC(=O)CC1CC(C)(C)C1)c1nc2c(F)cccc2[nH]1. The minimum atomic E-state index is -0.990. The Balaban J connectivity index is 1.44. The van der Waals surface area contributed by atoms with E-state index in [1.165, 1.54) is 6.07 Å². The van der Waals surface area contributed by atoms with Gasteiger partial charge >= 0.3 is 0 Å². The smallest absolute Gasteiger partial charge is 0.243 e. The number of nitrogens with zero attached hydrogens (tertiary/aromatic N) is 2. The maximum absolute atomic E-state index is 14.1. The van der Waals surface area contributed by atoms with Gasteiger partial charge in [0.05, 0.1) is 18.0 Å². The van der Waals surface area contributed by atoms with E-state index in [-0.39, 0.29) is 35.2 Å². The highest BCUT2D eigenvalue weighted by Crippen LogP contribution is 2.46. The predicted octanol–water partition coefficient (Wildman–Crippen LogP) is 3.98. The van der Waals surface area contributed by atoms with E-state index in [4.69, 9.17) is 0 Å². The Hall–Kier alpha value is -2.97. The lowest BCUT2D eigenvalue weighted by atomic mass is 9.63. The number of rotatable bonds is 8. The summed E-state index contributed by atoms with van der Waals surface area (Å²) in [6.07, 6.45) is 5.16. The van der Waals surface area contributed by atoms with Gasteiger partial charge in [-0.05, 0) is 69.4 Å². The number of imidazole rings is 1. The van der Waals surface area contributed by atoms with E-state index in [9.17, 15) is 18.8 Å². The Kier molecular flexibility index (Phi) is 7.66. The quantitative estimate of drug-likeness (QED) is 0.511. The second-order valence-corrected chi connectivity index (χ2v) is 11.4. The van der Waals surface area contributed by atoms with Crippen molar-refractivity contribution in [1.82, 2.24) is 25.5 Å². The molecule has 3 N–H and O–H groups in total. The van der Waals surface area contributed by atoms with E-state index in [0.29, 0.717) is 30.2 Å². The van der Waals surface area contributed by atoms with Crippen LogP contribution in [0.4, 0.5) is 4.39 Å². The summed E-state index contributed by atoms with van der Waals surface area (Å²) < 4.78 is 14.1. The maximum Gasteiger partial charge on any atom is 0.243 e. The normalized spacial score (nSPS) is 21.5. The van der Waals surface area contributed by atoms with Crippen LogP contribution in [0.2, 0.25) is 0 Å². The number of likely N-dealkylation sites (tertiary alicyclic amines) is 1. The Morgan fingerprint density at radius 1 is 1.22 bits per heavy atom. The number of hydrogen-bond donors (Lipinski definition) is 3. The average molecular weight is 500 g/mol. The summed E-state index contributed by atoms with van der Waals surface area (Å²) in [5.41, 5.74) is 0.994. The third kappa shape index (κ3) is 6.05. The Morgan fingerprint density at radius 3 is 2.64 bits per heavy atom. The van der Waals surface area contributed by atoms with Gasteiger partial charge in [-0.15, -0.1) is 0 Å². The van der Waals surface area contributed by atoms with Gasteiger partial charge in [0.15, 0.2) is 5.82 Å². The molecule has 2 fully saturated rings. The van der Waals surface area contributed by atoms with Crippen LogP contribution in [0.3, 0.4) is 0 Å². The Bertz CT molecular complexity index is 1120. The number of halogens is 1. The molecule has 9 heteroatoms. The zero-order valence-corrected chi connectivity index (χ0v) is 21.7. The lowest BCUT2D eigenvalue weighted by Gasteiger charge is -2.42. The highest BCUT2D eigenvalue weighted by atomic mass is 19.1. The fourth-order valence-electron chi connectivity index (χ4n) is 5.74. The van der Waals surface area contributed by atoms with Crippen molar-refractivity contribution in [1.29, 1.82) is 0 Å². The summed E-state index contributed by atoms with van der Waals surface area (Å²) in [7, 11) is 0. The van der Waals surface area contributed by atoms with E-state index < -0.39 is 23.8 Å². The van der Waals surface area contributed by atoms with Gasteiger partial charge in [-0.2, -0.15) is 0 Å². The third-order valence-electron chi connectivity index (χ3n) is 7.56. The van der Waals surface area contributed by atoms with Gasteiger partial charge in [-0.3, -0.25) is 14.4 Å². The van der Waals surface area contributed by atoms with Crippen molar-refractivity contribution >= 4 is 28.8 Å². The minimum Gasteiger partial charge on any atom is -0.345 e. The second kappa shape index (κ2) is 10.6. The largest absolute Gasteiger partial charge is 0.345 e. The first-order valence-electron chi connectivity index (χ1n) is 13.1. The molecule has 0 radical (unpaired) electrons. The summed E-state index contributed by atoms with van der Waals surface area (Å²) in [6.45, 7) is 8.78. The topological polar surface area (TPSA) is 107 Å². The van der Waals surface area contributed by atoms with Crippen molar-refractivity contribution in [2.45, 2.75) is 90.8 Å². The highest BCUT2D eigenvalue weighted by Gasteiger charge is 2.38. The lowest BCUT2D eigenvalue weighted by Crippen LogP contribution is -2.52. The molecular weight excluding hydrogens is 461 g/mol. The molecule has 0 unspecified atom stereocenters. The molecule has 0 bridgehead atoms. The summed E-state index contributed by atoms with van der Waals surface area (Å²) in [4.78, 5) is 48.4. The van der Waals surface area contributed by atoms with Crippen LogP contribution in [0.25, 0.3) is 11.0 Å². The van der Waals surface area contributed by atoms with E-state index in [2.05, 4.69) is 34.4 Å². The van der Waals surface area contributed by atoms with Gasteiger partial charge in [0.2, 0.25) is 17.7 Å². The molecule has 3 amide bonds. The van der Waals surface area contributed by atoms with Crippen LogP contribution in [0.1, 0.15) is 84.5 Å². The van der Waals surface area contributed by atoms with Gasteiger partial charge < -0.3 is 20.5 Å². The first-order valence-corrected chi connectivity index (χ1v) is 13.1. The molecule has 4 rings (SSSR count). The summed E-state index contributed by atoms with van der Waals surface area (Å²) >= 11 is 0. The first-order chi connectivity index (χ1) is 17.0. The molecule has 1 aliphatic carbocycles. The number of fused-ring (bicyclic) bond motifs is 1. The van der Waals surface area contributed by atoms with Crippen LogP contribution >= 0.6 is 0 Å². The van der Waals surface area contributed by atoms with Crippen molar-refractivity contribution in [2.24, 2.45) is 11.3 Å². The molecule has 2 heterocycles. The van der Waals surface area contributed by atoms with Crippen LogP contribution in [0, 0.1) is 17.2 Å². The van der Waals surface area contributed by atoms with Gasteiger partial charge in [0.25, 0.3) is 0 Å². The molecular formula is C27H38FN5O3. The van der Waals surface area contributed by atoms with Crippen LogP contribution in [-0.2, 0) is 14.4 Å². The molecule has 1 aromatic heterocycles. The maximum atomic E-state index is 14.1. The zero-order valence-electron chi connectivity index (χ0n) is 21.7. The highest BCUT2D eigenvalue weighted by molar-refractivity contribution is 5.92. The number of benzene rings is 1. The van der Waals surface area contributed by atoms with Gasteiger partial charge in [-0.25, -0.2) is 9.37 Å². The number of carbonyl (C=O) groups is 3. The summed E-state index contributed by atoms with van der Waals surface area (Å²) in [6, 6.07) is 3.19. The van der Waals surface area contributed by atoms with E-state index in [0.717, 1.165) is 32.1 Å². The number of piperidine rings is 1. The Morgan fingerprint density at radius 2 is 1.97 bits per heavy atom. The molecule has 2 aliphatic rings. The van der Waals surface area contributed by atoms with Crippen molar-refractivity contribution < 1.29 is 18.8 Å². The number of aromatic nitrogens is 2. The molecule has 1 aromatic carbocycles. The van der Waals surface area contributed by atoms with Gasteiger partial charge in [0, 0.05) is 19.0 Å². The predicted molar refractivity (Wildman–Crippen MR) is 135 cm³/mol. The fourth-order valence-corrected chi connectivity index (χ4v) is 5.74. The number of nitrogens with one attached hydrogen (secondary N) is 3. The van der Waals surface area contributed by atoms with E-state index in [1.54, 1.807) is 19.1 Å². The lowest BCUT2D eigenvalue weighted by molar-refractivity contribution is -0.139. The average Bonchev–Trinajstić information content (AvgIpc) is 3.23. The molecule has 1 aliphatic heterocycles. The number of carbonyl (C=O) groups excluding carboxylic acids is 3. The first kappa shape index (κ1) is 26.1. The minimum absolute atomic E-state index is 0.0977. The molecule has 8 nitrogen and oxygen atoms in total. The number of para-hydroxylation sites is 1. The van der Waals surface area contributed by atoms with Crippen LogP contribution in [0.15, 0.2) is 18.2 Å². The zero-order chi connectivity index (χ0) is 26.0. The second-order valence-electron chi connectivity index (χ2n) is 11.4. The van der Waals surface area contributed by atoms with Crippen LogP contribution in [0.5, 0.6) is 0 Å². The molecule has 0 spiro atoms. The molecule has 2 aromatic rings. The summed E-state index contributed by atoms with van der Waals surface area (Å²) in [5.74, 6) is -0.547. The Labute approximate surface area is 211 Å². The molecule has 1 saturated carbocycles. The van der Waals surface area contributed by atoms with Crippen LogP contribution < -0.4 is 10.6 Å². The third-order valence-corrected chi connectivity index (χ3v) is 7.56. The molecule has 36 heavy (non-hydrogen) atoms. The van der Waals surface area contributed by atoms with Crippen molar-refractivity contribution in [3.05, 3.63) is 29.8 Å². The molecule has 3 atom stereocenters. The van der Waals surface area contributed by atoms with Crippen molar-refractivity contribution in [3.63, 3.8) is 0 Å². The number of hydrogen-bond acceptors (Lipinski definition) is 4. The molecule has 196 valence electrons. The van der Waals surface area contributed by atoms with Crippen molar-refractivity contribution in [3.8, 4) is 0 Å². The molecule has 1 saturated heterocycles. The number of amides is 3. The standard InChI is InChI=1S/C27H38FN5O3/c1-16-8-5-6-11-33(16)23(35)13-21(30-22(34)12-18-14-27(3,4)15-18)26(36)29-17(2)25-31-20-10-7-9-19(28)24(20)32-25/h7,9-10,16-18,21H,5-6,8,11-15H2,1-4H3,(H,29,36)(H,30,34)(H,31,32)/t16-,17-,21-/m0/s1. The van der Waals surface area contributed by atoms with Crippen LogP contribution in [-0.4, -0.2) is 51.2 Å². The number of aromatic amines is 1. The number of H-pyrrole nitrogens is 1. The summed E-state index contributed by atoms with van der Waals surface area (Å²) in [5, 5.41) is 5.69. The van der Waals surface area contributed by atoms with E-state index >= 15 is 0 Å². The van der Waals surface area contributed by atoms with Gasteiger partial charge in [-0.1, -0.05) is 19.9 Å². The van der Waals surface area contributed by atoms with Crippen molar-refractivity contribution in [2.75, 3.05) is 6.54 Å².